The van der Waals surface area contributed by atoms with Gasteiger partial charge in [0.2, 0.25) is 5.95 Å². The fourth-order valence-corrected chi connectivity index (χ4v) is 3.27. The SMILES string of the molecule is Cn1c(NCCc2ccc(-c3ccc(F)cc3)cc2)nc2cc(N)ccc2c1=O. The quantitative estimate of drug-likeness (QED) is 0.507. The second-order valence-electron chi connectivity index (χ2n) is 6.96. The van der Waals surface area contributed by atoms with Crippen LogP contribution in [0.1, 0.15) is 5.56 Å². The van der Waals surface area contributed by atoms with E-state index in [1.165, 1.54) is 16.7 Å². The lowest BCUT2D eigenvalue weighted by Crippen LogP contribution is -2.23. The molecule has 0 spiro atoms. The summed E-state index contributed by atoms with van der Waals surface area (Å²) in [4.78, 5) is 17.0. The van der Waals surface area contributed by atoms with Gasteiger partial charge in [-0.3, -0.25) is 9.36 Å². The van der Waals surface area contributed by atoms with Crippen LogP contribution in [0.25, 0.3) is 22.0 Å². The Morgan fingerprint density at radius 1 is 1.00 bits per heavy atom. The van der Waals surface area contributed by atoms with Gasteiger partial charge in [-0.2, -0.15) is 0 Å². The van der Waals surface area contributed by atoms with Gasteiger partial charge in [0.05, 0.1) is 10.9 Å². The predicted molar refractivity (Wildman–Crippen MR) is 115 cm³/mol. The van der Waals surface area contributed by atoms with Gasteiger partial charge in [0.1, 0.15) is 5.82 Å². The Morgan fingerprint density at radius 3 is 2.34 bits per heavy atom. The number of nitrogens with one attached hydrogen (secondary N) is 1. The number of rotatable bonds is 5. The molecule has 0 fully saturated rings. The van der Waals surface area contributed by atoms with Crippen molar-refractivity contribution in [1.82, 2.24) is 9.55 Å². The Bertz CT molecular complexity index is 1210. The number of nitrogens with zero attached hydrogens (tertiary/aromatic N) is 2. The highest BCUT2D eigenvalue weighted by Crippen LogP contribution is 2.20. The molecule has 0 radical (unpaired) electrons. The average Bonchev–Trinajstić information content (AvgIpc) is 2.72. The van der Waals surface area contributed by atoms with Crippen molar-refractivity contribution in [2.45, 2.75) is 6.42 Å². The first-order valence-corrected chi connectivity index (χ1v) is 9.36. The first-order valence-electron chi connectivity index (χ1n) is 9.36. The lowest BCUT2D eigenvalue weighted by atomic mass is 10.0. The van der Waals surface area contributed by atoms with Crippen molar-refractivity contribution < 1.29 is 4.39 Å². The van der Waals surface area contributed by atoms with E-state index in [0.717, 1.165) is 23.1 Å². The van der Waals surface area contributed by atoms with Crippen LogP contribution >= 0.6 is 0 Å². The minimum atomic E-state index is -0.240. The van der Waals surface area contributed by atoms with Crippen LogP contribution in [0.15, 0.2) is 71.5 Å². The number of halogens is 1. The zero-order valence-corrected chi connectivity index (χ0v) is 16.0. The number of hydrogen-bond donors (Lipinski definition) is 2. The largest absolute Gasteiger partial charge is 0.399 e. The second-order valence-corrected chi connectivity index (χ2v) is 6.96. The summed E-state index contributed by atoms with van der Waals surface area (Å²) in [6, 6.07) is 19.7. The minimum Gasteiger partial charge on any atom is -0.399 e. The molecule has 29 heavy (non-hydrogen) atoms. The molecule has 0 saturated carbocycles. The van der Waals surface area contributed by atoms with Crippen molar-refractivity contribution in [3.8, 4) is 11.1 Å². The number of hydrogen-bond acceptors (Lipinski definition) is 4. The minimum absolute atomic E-state index is 0.110. The summed E-state index contributed by atoms with van der Waals surface area (Å²) in [6.07, 6.45) is 0.772. The van der Waals surface area contributed by atoms with Crippen LogP contribution in [-0.2, 0) is 13.5 Å². The number of benzene rings is 3. The first-order chi connectivity index (χ1) is 14.0. The van der Waals surface area contributed by atoms with Crippen LogP contribution in [0.3, 0.4) is 0 Å². The van der Waals surface area contributed by atoms with Crippen molar-refractivity contribution >= 4 is 22.5 Å². The Morgan fingerprint density at radius 2 is 1.66 bits per heavy atom. The first kappa shape index (κ1) is 18.7. The van der Waals surface area contributed by atoms with Crippen LogP contribution in [0.2, 0.25) is 0 Å². The van der Waals surface area contributed by atoms with Crippen LogP contribution in [-0.4, -0.2) is 16.1 Å². The molecule has 1 heterocycles. The van der Waals surface area contributed by atoms with E-state index in [0.29, 0.717) is 29.1 Å². The second kappa shape index (κ2) is 7.75. The van der Waals surface area contributed by atoms with E-state index in [9.17, 15) is 9.18 Å². The van der Waals surface area contributed by atoms with E-state index < -0.39 is 0 Å². The molecule has 0 bridgehead atoms. The third-order valence-electron chi connectivity index (χ3n) is 4.93. The maximum Gasteiger partial charge on any atom is 0.262 e. The molecular formula is C23H21FN4O. The monoisotopic (exact) mass is 388 g/mol. The molecule has 5 nitrogen and oxygen atoms in total. The molecule has 1 aromatic heterocycles. The van der Waals surface area contributed by atoms with Gasteiger partial charge in [-0.15, -0.1) is 0 Å². The number of nitrogen functional groups attached to an aromatic ring is 1. The molecule has 146 valence electrons. The molecule has 4 aromatic rings. The zero-order chi connectivity index (χ0) is 20.4. The third-order valence-corrected chi connectivity index (χ3v) is 4.93. The Balaban J connectivity index is 1.45. The highest BCUT2D eigenvalue weighted by molar-refractivity contribution is 5.81. The van der Waals surface area contributed by atoms with Gasteiger partial charge in [-0.25, -0.2) is 9.37 Å². The molecule has 0 aliphatic rings. The average molecular weight is 388 g/mol. The fraction of sp³-hybridized carbons (Fsp3) is 0.130. The van der Waals surface area contributed by atoms with Gasteiger partial charge in [0.25, 0.3) is 5.56 Å². The number of anilines is 2. The van der Waals surface area contributed by atoms with E-state index in [2.05, 4.69) is 10.3 Å². The summed E-state index contributed by atoms with van der Waals surface area (Å²) < 4.78 is 14.6. The third kappa shape index (κ3) is 3.96. The molecule has 0 amide bonds. The molecule has 3 N–H and O–H groups in total. The summed E-state index contributed by atoms with van der Waals surface area (Å²) in [5.74, 6) is 0.270. The van der Waals surface area contributed by atoms with E-state index in [-0.39, 0.29) is 11.4 Å². The zero-order valence-electron chi connectivity index (χ0n) is 16.0. The molecule has 3 aromatic carbocycles. The molecule has 4 rings (SSSR count). The summed E-state index contributed by atoms with van der Waals surface area (Å²) in [5, 5.41) is 3.78. The summed E-state index contributed by atoms with van der Waals surface area (Å²) in [6.45, 7) is 0.629. The van der Waals surface area contributed by atoms with E-state index in [1.54, 1.807) is 37.4 Å². The standard InChI is InChI=1S/C23H21FN4O/c1-28-22(29)20-11-10-19(25)14-21(20)27-23(28)26-13-12-15-2-4-16(5-3-15)17-6-8-18(24)9-7-17/h2-11,14H,12-13,25H2,1H3,(H,26,27). The van der Waals surface area contributed by atoms with Crippen molar-refractivity contribution in [2.24, 2.45) is 7.05 Å². The Labute approximate surface area is 167 Å². The summed E-state index contributed by atoms with van der Waals surface area (Å²) in [5.41, 5.74) is 10.0. The van der Waals surface area contributed by atoms with Crippen molar-refractivity contribution in [1.29, 1.82) is 0 Å². The van der Waals surface area contributed by atoms with Crippen LogP contribution < -0.4 is 16.6 Å². The highest BCUT2D eigenvalue weighted by Gasteiger charge is 2.08. The van der Waals surface area contributed by atoms with E-state index in [1.807, 2.05) is 24.3 Å². The molecule has 6 heteroatoms. The summed E-state index contributed by atoms with van der Waals surface area (Å²) >= 11 is 0. The normalized spacial score (nSPS) is 11.0. The number of nitrogens with two attached hydrogens (primary N) is 1. The van der Waals surface area contributed by atoms with Crippen LogP contribution in [0, 0.1) is 5.82 Å². The molecule has 0 aliphatic heterocycles. The van der Waals surface area contributed by atoms with Gasteiger partial charge >= 0.3 is 0 Å². The van der Waals surface area contributed by atoms with Gasteiger partial charge < -0.3 is 11.1 Å². The Kier molecular flexibility index (Phi) is 4.99. The summed E-state index contributed by atoms with van der Waals surface area (Å²) in [7, 11) is 1.70. The van der Waals surface area contributed by atoms with Crippen LogP contribution in [0.4, 0.5) is 16.0 Å². The van der Waals surface area contributed by atoms with Gasteiger partial charge in [-0.1, -0.05) is 36.4 Å². The van der Waals surface area contributed by atoms with E-state index >= 15 is 0 Å². The van der Waals surface area contributed by atoms with Gasteiger partial charge in [0.15, 0.2) is 0 Å². The molecule has 0 unspecified atom stereocenters. The topological polar surface area (TPSA) is 72.9 Å². The molecule has 0 atom stereocenters. The Hall–Kier alpha value is -3.67. The van der Waals surface area contributed by atoms with Crippen LogP contribution in [0.5, 0.6) is 0 Å². The number of aromatic nitrogens is 2. The molecule has 0 aliphatic carbocycles. The predicted octanol–water partition coefficient (Wildman–Crippen LogP) is 3.98. The smallest absolute Gasteiger partial charge is 0.262 e. The van der Waals surface area contributed by atoms with E-state index in [4.69, 9.17) is 5.73 Å². The fourth-order valence-electron chi connectivity index (χ4n) is 3.27. The lowest BCUT2D eigenvalue weighted by Gasteiger charge is -2.12. The lowest BCUT2D eigenvalue weighted by molar-refractivity contribution is 0.628. The van der Waals surface area contributed by atoms with Gasteiger partial charge in [-0.05, 0) is 53.4 Å². The molecular weight excluding hydrogens is 367 g/mol. The maximum atomic E-state index is 13.1. The van der Waals surface area contributed by atoms with Crippen molar-refractivity contribution in [3.05, 3.63) is 88.5 Å². The maximum absolute atomic E-state index is 13.1. The molecule has 0 saturated heterocycles. The number of fused-ring (bicyclic) bond motifs is 1. The van der Waals surface area contributed by atoms with Gasteiger partial charge in [0, 0.05) is 19.3 Å². The van der Waals surface area contributed by atoms with Crippen molar-refractivity contribution in [3.63, 3.8) is 0 Å². The highest BCUT2D eigenvalue weighted by atomic mass is 19.1. The van der Waals surface area contributed by atoms with Crippen molar-refractivity contribution in [2.75, 3.05) is 17.6 Å².